The molecule has 2 aliphatic rings. The first-order chi connectivity index (χ1) is 10.3. The first-order valence-corrected chi connectivity index (χ1v) is 7.61. The molecule has 0 aliphatic carbocycles. The Morgan fingerprint density at radius 1 is 1.10 bits per heavy atom. The monoisotopic (exact) mass is 280 g/mol. The van der Waals surface area contributed by atoms with Crippen LogP contribution in [-0.4, -0.2) is 18.1 Å². The number of hydrogen-bond donors (Lipinski definition) is 1. The molecule has 2 N–H and O–H groups in total. The summed E-state index contributed by atoms with van der Waals surface area (Å²) in [6.45, 7) is 3.89. The molecule has 0 saturated heterocycles. The third-order valence-corrected chi connectivity index (χ3v) is 4.65. The van der Waals surface area contributed by atoms with Crippen molar-refractivity contribution in [1.82, 2.24) is 4.90 Å². The van der Waals surface area contributed by atoms with Crippen molar-refractivity contribution in [1.29, 1.82) is 0 Å². The van der Waals surface area contributed by atoms with E-state index in [9.17, 15) is 0 Å². The zero-order valence-electron chi connectivity index (χ0n) is 12.1. The van der Waals surface area contributed by atoms with E-state index in [1.54, 1.807) is 0 Å². The van der Waals surface area contributed by atoms with Gasteiger partial charge in [0, 0.05) is 31.2 Å². The minimum absolute atomic E-state index is 0.561. The number of hydrogen-bond acceptors (Lipinski definition) is 3. The summed E-state index contributed by atoms with van der Waals surface area (Å²) in [7, 11) is 0. The van der Waals surface area contributed by atoms with Crippen molar-refractivity contribution in [2.75, 3.05) is 18.9 Å². The summed E-state index contributed by atoms with van der Waals surface area (Å²) >= 11 is 0. The van der Waals surface area contributed by atoms with Gasteiger partial charge in [-0.25, -0.2) is 0 Å². The van der Waals surface area contributed by atoms with Crippen LogP contribution < -0.4 is 10.5 Å². The molecule has 0 spiro atoms. The number of nitrogen functional groups attached to an aromatic ring is 1. The zero-order valence-corrected chi connectivity index (χ0v) is 12.1. The topological polar surface area (TPSA) is 38.5 Å². The zero-order chi connectivity index (χ0) is 14.2. The number of nitrogens with zero attached hydrogens (tertiary/aromatic N) is 1. The summed E-state index contributed by atoms with van der Waals surface area (Å²) in [4.78, 5) is 2.51. The van der Waals surface area contributed by atoms with Crippen molar-refractivity contribution < 1.29 is 4.74 Å². The van der Waals surface area contributed by atoms with E-state index in [0.717, 1.165) is 44.1 Å². The highest BCUT2D eigenvalue weighted by Crippen LogP contribution is 2.36. The van der Waals surface area contributed by atoms with E-state index in [0.29, 0.717) is 5.92 Å². The number of rotatable bonds is 2. The summed E-state index contributed by atoms with van der Waals surface area (Å²) in [5, 5.41) is 0. The average molecular weight is 280 g/mol. The Labute approximate surface area is 125 Å². The Balaban J connectivity index is 1.53. The van der Waals surface area contributed by atoms with E-state index >= 15 is 0 Å². The quantitative estimate of drug-likeness (QED) is 0.859. The Morgan fingerprint density at radius 3 is 2.90 bits per heavy atom. The first kappa shape index (κ1) is 12.7. The molecule has 2 heterocycles. The number of para-hydroxylation sites is 1. The van der Waals surface area contributed by atoms with Gasteiger partial charge < -0.3 is 10.5 Å². The molecule has 21 heavy (non-hydrogen) atoms. The Kier molecular flexibility index (Phi) is 3.08. The second-order valence-corrected chi connectivity index (χ2v) is 6.03. The molecule has 0 aromatic heterocycles. The number of benzene rings is 2. The van der Waals surface area contributed by atoms with Crippen molar-refractivity contribution in [2.45, 2.75) is 25.4 Å². The van der Waals surface area contributed by atoms with E-state index < -0.39 is 0 Å². The number of nitrogens with two attached hydrogens (primary N) is 1. The maximum Gasteiger partial charge on any atom is 0.122 e. The number of fused-ring (bicyclic) bond motifs is 2. The van der Waals surface area contributed by atoms with Crippen LogP contribution in [0.15, 0.2) is 42.5 Å². The summed E-state index contributed by atoms with van der Waals surface area (Å²) in [6.07, 6.45) is 1.10. The third-order valence-electron chi connectivity index (χ3n) is 4.65. The second-order valence-electron chi connectivity index (χ2n) is 6.03. The van der Waals surface area contributed by atoms with Gasteiger partial charge >= 0.3 is 0 Å². The van der Waals surface area contributed by atoms with Gasteiger partial charge in [-0.3, -0.25) is 4.90 Å². The Bertz CT molecular complexity index is 668. The summed E-state index contributed by atoms with van der Waals surface area (Å²) in [6, 6.07) is 14.7. The second kappa shape index (κ2) is 5.08. The van der Waals surface area contributed by atoms with Crippen LogP contribution in [-0.2, 0) is 13.1 Å². The molecule has 2 aromatic rings. The molecule has 1 atom stereocenters. The lowest BCUT2D eigenvalue weighted by molar-refractivity contribution is 0.213. The third kappa shape index (κ3) is 2.28. The molecule has 108 valence electrons. The van der Waals surface area contributed by atoms with Gasteiger partial charge in [-0.1, -0.05) is 30.3 Å². The predicted octanol–water partition coefficient (Wildman–Crippen LogP) is 3.15. The largest absolute Gasteiger partial charge is 0.493 e. The van der Waals surface area contributed by atoms with Gasteiger partial charge in [-0.05, 0) is 35.2 Å². The lowest BCUT2D eigenvalue weighted by atomic mass is 9.92. The van der Waals surface area contributed by atoms with Gasteiger partial charge in [0.25, 0.3) is 0 Å². The van der Waals surface area contributed by atoms with Crippen LogP contribution in [0.1, 0.15) is 29.0 Å². The smallest absolute Gasteiger partial charge is 0.122 e. The van der Waals surface area contributed by atoms with E-state index in [2.05, 4.69) is 35.2 Å². The molecule has 3 nitrogen and oxygen atoms in total. The standard InChI is InChI=1S/C18H20N2O/c19-17-6-3-4-13-10-20(12-16(13)17)11-14-8-9-21-18-7-2-1-5-15(14)18/h1-7,14H,8-12,19H2. The van der Waals surface area contributed by atoms with Gasteiger partial charge in [0.15, 0.2) is 0 Å². The molecule has 1 unspecified atom stereocenters. The van der Waals surface area contributed by atoms with Gasteiger partial charge in [0.2, 0.25) is 0 Å². The molecular formula is C18H20N2O. The van der Waals surface area contributed by atoms with Crippen LogP contribution in [0, 0.1) is 0 Å². The average Bonchev–Trinajstić information content (AvgIpc) is 2.92. The molecule has 3 heteroatoms. The fourth-order valence-corrected chi connectivity index (χ4v) is 3.56. The van der Waals surface area contributed by atoms with Crippen LogP contribution in [0.4, 0.5) is 5.69 Å². The summed E-state index contributed by atoms with van der Waals surface area (Å²) in [5.74, 6) is 1.62. The van der Waals surface area contributed by atoms with Crippen LogP contribution in [0.2, 0.25) is 0 Å². The van der Waals surface area contributed by atoms with Crippen LogP contribution in [0.3, 0.4) is 0 Å². The fraction of sp³-hybridized carbons (Fsp3) is 0.333. The van der Waals surface area contributed by atoms with Gasteiger partial charge in [-0.2, -0.15) is 0 Å². The van der Waals surface area contributed by atoms with E-state index in [1.807, 2.05) is 12.1 Å². The Hall–Kier alpha value is -2.00. The number of ether oxygens (including phenoxy) is 1. The van der Waals surface area contributed by atoms with Crippen molar-refractivity contribution in [3.8, 4) is 5.75 Å². The van der Waals surface area contributed by atoms with Crippen molar-refractivity contribution in [2.24, 2.45) is 0 Å². The van der Waals surface area contributed by atoms with Gasteiger partial charge in [0.1, 0.15) is 5.75 Å². The molecule has 0 bridgehead atoms. The fourth-order valence-electron chi connectivity index (χ4n) is 3.56. The molecule has 0 saturated carbocycles. The van der Waals surface area contributed by atoms with Gasteiger partial charge in [0.05, 0.1) is 6.61 Å². The lowest BCUT2D eigenvalue weighted by Gasteiger charge is -2.29. The molecule has 0 amide bonds. The number of anilines is 1. The van der Waals surface area contributed by atoms with Crippen LogP contribution >= 0.6 is 0 Å². The lowest BCUT2D eigenvalue weighted by Crippen LogP contribution is -2.27. The Morgan fingerprint density at radius 2 is 2.00 bits per heavy atom. The maximum absolute atomic E-state index is 6.10. The van der Waals surface area contributed by atoms with E-state index in [4.69, 9.17) is 10.5 Å². The van der Waals surface area contributed by atoms with E-state index in [1.165, 1.54) is 16.7 Å². The first-order valence-electron chi connectivity index (χ1n) is 7.61. The van der Waals surface area contributed by atoms with E-state index in [-0.39, 0.29) is 0 Å². The summed E-state index contributed by atoms with van der Waals surface area (Å²) < 4.78 is 5.76. The van der Waals surface area contributed by atoms with Crippen molar-refractivity contribution in [3.05, 3.63) is 59.2 Å². The van der Waals surface area contributed by atoms with Gasteiger partial charge in [-0.15, -0.1) is 0 Å². The molecule has 0 radical (unpaired) electrons. The highest BCUT2D eigenvalue weighted by atomic mass is 16.5. The highest BCUT2D eigenvalue weighted by molar-refractivity contribution is 5.52. The van der Waals surface area contributed by atoms with Crippen molar-refractivity contribution >= 4 is 5.69 Å². The minimum Gasteiger partial charge on any atom is -0.493 e. The minimum atomic E-state index is 0.561. The normalized spacial score (nSPS) is 20.7. The van der Waals surface area contributed by atoms with Crippen LogP contribution in [0.5, 0.6) is 5.75 Å². The molecular weight excluding hydrogens is 260 g/mol. The maximum atomic E-state index is 6.10. The SMILES string of the molecule is Nc1cccc2c1CN(CC1CCOc3ccccc31)C2. The predicted molar refractivity (Wildman–Crippen MR) is 84.3 cm³/mol. The van der Waals surface area contributed by atoms with Crippen LogP contribution in [0.25, 0.3) is 0 Å². The summed E-state index contributed by atoms with van der Waals surface area (Å²) in [5.41, 5.74) is 11.1. The molecule has 2 aromatic carbocycles. The van der Waals surface area contributed by atoms with Crippen molar-refractivity contribution in [3.63, 3.8) is 0 Å². The molecule has 0 fully saturated rings. The molecule has 2 aliphatic heterocycles. The highest BCUT2D eigenvalue weighted by Gasteiger charge is 2.27. The molecule has 4 rings (SSSR count).